The Kier molecular flexibility index (Phi) is 4.40. The molecule has 0 radical (unpaired) electrons. The van der Waals surface area contributed by atoms with Gasteiger partial charge in [-0.1, -0.05) is 36.7 Å². The van der Waals surface area contributed by atoms with E-state index in [2.05, 4.69) is 17.2 Å². The number of rotatable bonds is 3. The van der Waals surface area contributed by atoms with Crippen LogP contribution >= 0.6 is 11.6 Å². The zero-order valence-corrected chi connectivity index (χ0v) is 12.6. The lowest BCUT2D eigenvalue weighted by molar-refractivity contribution is 0.102. The van der Waals surface area contributed by atoms with E-state index in [1.807, 2.05) is 32.0 Å². The number of para-hydroxylation sites is 1. The highest BCUT2D eigenvalue weighted by Crippen LogP contribution is 2.23. The monoisotopic (exact) mass is 288 g/mol. The minimum absolute atomic E-state index is 0.230. The van der Waals surface area contributed by atoms with E-state index in [1.165, 1.54) is 6.20 Å². The summed E-state index contributed by atoms with van der Waals surface area (Å²) < 4.78 is 0. The SMILES string of the molecule is CCc1cccc(C)c1NC(=O)c1cnc(C)cc1Cl. The average molecular weight is 289 g/mol. The quantitative estimate of drug-likeness (QED) is 0.921. The lowest BCUT2D eigenvalue weighted by Crippen LogP contribution is -2.15. The maximum absolute atomic E-state index is 12.3. The van der Waals surface area contributed by atoms with E-state index in [9.17, 15) is 4.79 Å². The van der Waals surface area contributed by atoms with Gasteiger partial charge in [-0.2, -0.15) is 0 Å². The van der Waals surface area contributed by atoms with Gasteiger partial charge in [0.15, 0.2) is 0 Å². The summed E-state index contributed by atoms with van der Waals surface area (Å²) in [6.07, 6.45) is 2.37. The summed E-state index contributed by atoms with van der Waals surface area (Å²) in [6, 6.07) is 7.67. The number of amides is 1. The first-order valence-electron chi connectivity index (χ1n) is 6.55. The van der Waals surface area contributed by atoms with Crippen molar-refractivity contribution in [3.05, 3.63) is 57.9 Å². The van der Waals surface area contributed by atoms with Crippen LogP contribution in [0.2, 0.25) is 5.02 Å². The van der Waals surface area contributed by atoms with E-state index in [-0.39, 0.29) is 5.91 Å². The highest BCUT2D eigenvalue weighted by Gasteiger charge is 2.14. The van der Waals surface area contributed by atoms with Gasteiger partial charge in [-0.05, 0) is 37.5 Å². The van der Waals surface area contributed by atoms with Crippen LogP contribution < -0.4 is 5.32 Å². The Hall–Kier alpha value is -1.87. The van der Waals surface area contributed by atoms with Crippen molar-refractivity contribution in [2.24, 2.45) is 0 Å². The number of aryl methyl sites for hydroxylation is 3. The van der Waals surface area contributed by atoms with Crippen molar-refractivity contribution in [3.63, 3.8) is 0 Å². The molecule has 4 heteroatoms. The van der Waals surface area contributed by atoms with E-state index in [4.69, 9.17) is 11.6 Å². The van der Waals surface area contributed by atoms with Crippen LogP contribution in [0.15, 0.2) is 30.5 Å². The van der Waals surface area contributed by atoms with Gasteiger partial charge in [0.25, 0.3) is 5.91 Å². The molecule has 0 atom stereocenters. The summed E-state index contributed by atoms with van der Waals surface area (Å²) >= 11 is 6.10. The fourth-order valence-electron chi connectivity index (χ4n) is 2.08. The summed E-state index contributed by atoms with van der Waals surface area (Å²) in [5.41, 5.74) is 4.18. The van der Waals surface area contributed by atoms with Crippen molar-refractivity contribution >= 4 is 23.2 Å². The molecule has 3 nitrogen and oxygen atoms in total. The van der Waals surface area contributed by atoms with Crippen molar-refractivity contribution in [1.82, 2.24) is 4.98 Å². The molecular formula is C16H17ClN2O. The molecule has 1 aromatic carbocycles. The van der Waals surface area contributed by atoms with E-state index in [1.54, 1.807) is 6.07 Å². The van der Waals surface area contributed by atoms with E-state index < -0.39 is 0 Å². The molecule has 1 amide bonds. The number of hydrogen-bond donors (Lipinski definition) is 1. The number of nitrogens with one attached hydrogen (secondary N) is 1. The Bertz CT molecular complexity index is 653. The molecule has 20 heavy (non-hydrogen) atoms. The number of nitrogens with zero attached hydrogens (tertiary/aromatic N) is 1. The number of pyridine rings is 1. The molecule has 0 aliphatic rings. The largest absolute Gasteiger partial charge is 0.321 e. The van der Waals surface area contributed by atoms with Crippen LogP contribution in [0, 0.1) is 13.8 Å². The molecule has 1 N–H and O–H groups in total. The molecule has 1 heterocycles. The van der Waals surface area contributed by atoms with Gasteiger partial charge in [0.05, 0.1) is 10.6 Å². The first kappa shape index (κ1) is 14.5. The molecule has 104 valence electrons. The molecular weight excluding hydrogens is 272 g/mol. The van der Waals surface area contributed by atoms with Gasteiger partial charge >= 0.3 is 0 Å². The third-order valence-corrected chi connectivity index (χ3v) is 3.53. The van der Waals surface area contributed by atoms with Gasteiger partial charge in [-0.3, -0.25) is 9.78 Å². The molecule has 2 rings (SSSR count). The van der Waals surface area contributed by atoms with Crippen LogP contribution in [-0.2, 0) is 6.42 Å². The van der Waals surface area contributed by atoms with E-state index >= 15 is 0 Å². The third kappa shape index (κ3) is 2.99. The lowest BCUT2D eigenvalue weighted by atomic mass is 10.1. The minimum atomic E-state index is -0.230. The number of carbonyl (C=O) groups is 1. The number of hydrogen-bond acceptors (Lipinski definition) is 2. The molecule has 0 saturated carbocycles. The standard InChI is InChI=1S/C16H17ClN2O/c1-4-12-7-5-6-10(2)15(12)19-16(20)13-9-18-11(3)8-14(13)17/h5-9H,4H2,1-3H3,(H,19,20). The van der Waals surface area contributed by atoms with Gasteiger partial charge in [0, 0.05) is 17.6 Å². The summed E-state index contributed by atoms with van der Waals surface area (Å²) in [5.74, 6) is -0.230. The first-order valence-corrected chi connectivity index (χ1v) is 6.92. The number of anilines is 1. The lowest BCUT2D eigenvalue weighted by Gasteiger charge is -2.13. The zero-order valence-electron chi connectivity index (χ0n) is 11.8. The topological polar surface area (TPSA) is 42.0 Å². The van der Waals surface area contributed by atoms with Crippen molar-refractivity contribution in [1.29, 1.82) is 0 Å². The predicted octanol–water partition coefficient (Wildman–Crippen LogP) is 4.17. The highest BCUT2D eigenvalue weighted by molar-refractivity contribution is 6.34. The number of aromatic nitrogens is 1. The van der Waals surface area contributed by atoms with Crippen molar-refractivity contribution in [3.8, 4) is 0 Å². The number of carbonyl (C=O) groups excluding carboxylic acids is 1. The van der Waals surface area contributed by atoms with Crippen LogP contribution in [0.5, 0.6) is 0 Å². The Morgan fingerprint density at radius 3 is 2.75 bits per heavy atom. The number of halogens is 1. The summed E-state index contributed by atoms with van der Waals surface area (Å²) in [4.78, 5) is 16.5. The van der Waals surface area contributed by atoms with Crippen molar-refractivity contribution < 1.29 is 4.79 Å². The Balaban J connectivity index is 2.33. The number of benzene rings is 1. The third-order valence-electron chi connectivity index (χ3n) is 3.21. The van der Waals surface area contributed by atoms with Gasteiger partial charge in [-0.25, -0.2) is 0 Å². The molecule has 2 aromatic rings. The van der Waals surface area contributed by atoms with E-state index in [0.717, 1.165) is 28.9 Å². The second kappa shape index (κ2) is 6.06. The van der Waals surface area contributed by atoms with Crippen LogP contribution in [0.25, 0.3) is 0 Å². The van der Waals surface area contributed by atoms with Gasteiger partial charge in [-0.15, -0.1) is 0 Å². The smallest absolute Gasteiger partial charge is 0.258 e. The van der Waals surface area contributed by atoms with Crippen LogP contribution in [0.3, 0.4) is 0 Å². The van der Waals surface area contributed by atoms with Crippen LogP contribution in [0.4, 0.5) is 5.69 Å². The van der Waals surface area contributed by atoms with Crippen LogP contribution in [-0.4, -0.2) is 10.9 Å². The maximum atomic E-state index is 12.3. The summed E-state index contributed by atoms with van der Waals surface area (Å²) in [5, 5.41) is 3.36. The molecule has 0 spiro atoms. The zero-order chi connectivity index (χ0) is 14.7. The van der Waals surface area contributed by atoms with Gasteiger partial charge in [0.2, 0.25) is 0 Å². The maximum Gasteiger partial charge on any atom is 0.258 e. The second-order valence-corrected chi connectivity index (χ2v) is 5.13. The normalized spacial score (nSPS) is 10.4. The predicted molar refractivity (Wildman–Crippen MR) is 82.5 cm³/mol. The highest BCUT2D eigenvalue weighted by atomic mass is 35.5. The van der Waals surface area contributed by atoms with E-state index in [0.29, 0.717) is 10.6 Å². The fourth-order valence-corrected chi connectivity index (χ4v) is 2.37. The Morgan fingerprint density at radius 1 is 1.35 bits per heavy atom. The molecule has 1 aromatic heterocycles. The molecule has 0 aliphatic heterocycles. The minimum Gasteiger partial charge on any atom is -0.321 e. The van der Waals surface area contributed by atoms with Crippen LogP contribution in [0.1, 0.15) is 34.1 Å². The van der Waals surface area contributed by atoms with Crippen molar-refractivity contribution in [2.45, 2.75) is 27.2 Å². The average Bonchev–Trinajstić information content (AvgIpc) is 2.40. The molecule has 0 bridgehead atoms. The van der Waals surface area contributed by atoms with Crippen molar-refractivity contribution in [2.75, 3.05) is 5.32 Å². The molecule has 0 unspecified atom stereocenters. The second-order valence-electron chi connectivity index (χ2n) is 4.72. The first-order chi connectivity index (χ1) is 9.52. The summed E-state index contributed by atoms with van der Waals surface area (Å²) in [6.45, 7) is 5.87. The Labute approximate surface area is 124 Å². The molecule has 0 aliphatic carbocycles. The fraction of sp³-hybridized carbons (Fsp3) is 0.250. The molecule has 0 saturated heterocycles. The Morgan fingerprint density at radius 2 is 2.10 bits per heavy atom. The van der Waals surface area contributed by atoms with Gasteiger partial charge in [0.1, 0.15) is 0 Å². The summed E-state index contributed by atoms with van der Waals surface area (Å²) in [7, 11) is 0. The molecule has 0 fully saturated rings. The van der Waals surface area contributed by atoms with Gasteiger partial charge < -0.3 is 5.32 Å².